The number of rotatable bonds is 8. The fourth-order valence-electron chi connectivity index (χ4n) is 3.61. The van der Waals surface area contributed by atoms with Gasteiger partial charge >= 0.3 is 0 Å². The predicted molar refractivity (Wildman–Crippen MR) is 149 cm³/mol. The molecule has 1 amide bonds. The number of allylic oxidation sites excluding steroid dienone is 1. The van der Waals surface area contributed by atoms with Crippen LogP contribution in [0.5, 0.6) is 0 Å². The smallest absolute Gasteiger partial charge is 0.263 e. The largest absolute Gasteiger partial charge is 0.293 e. The van der Waals surface area contributed by atoms with Crippen LogP contribution in [-0.4, -0.2) is 30.6 Å². The number of benzene rings is 2. The summed E-state index contributed by atoms with van der Waals surface area (Å²) in [6.07, 6.45) is 1.65. The topological polar surface area (TPSA) is 89.8 Å². The predicted octanol–water partition coefficient (Wildman–Crippen LogP) is 5.87. The molecule has 0 aliphatic heterocycles. The lowest BCUT2D eigenvalue weighted by Crippen LogP contribution is -2.23. The molecule has 7 nitrogen and oxygen atoms in total. The minimum Gasteiger partial charge on any atom is -0.293 e. The quantitative estimate of drug-likeness (QED) is 0.153. The molecule has 180 valence electrons. The summed E-state index contributed by atoms with van der Waals surface area (Å²) >= 11 is 3.85. The molecule has 0 saturated heterocycles. The Hall–Kier alpha value is -3.60. The number of thiophene rings is 1. The van der Waals surface area contributed by atoms with Gasteiger partial charge in [-0.1, -0.05) is 78.0 Å². The number of anilines is 1. The first-order valence-corrected chi connectivity index (χ1v) is 13.7. The zero-order chi connectivity index (χ0) is 25.1. The average molecular weight is 532 g/mol. The van der Waals surface area contributed by atoms with Gasteiger partial charge in [-0.3, -0.25) is 19.5 Å². The van der Waals surface area contributed by atoms with E-state index in [2.05, 4.69) is 21.3 Å². The molecule has 0 radical (unpaired) electrons. The van der Waals surface area contributed by atoms with Crippen molar-refractivity contribution in [1.29, 1.82) is 0 Å². The molecule has 0 spiro atoms. The molecule has 0 unspecified atom stereocenters. The number of nitrogens with one attached hydrogen (secondary N) is 1. The van der Waals surface area contributed by atoms with Gasteiger partial charge in [0.25, 0.3) is 5.56 Å². The zero-order valence-electron chi connectivity index (χ0n) is 19.3. The molecule has 3 aromatic heterocycles. The van der Waals surface area contributed by atoms with Crippen LogP contribution in [0.25, 0.3) is 31.9 Å². The first kappa shape index (κ1) is 24.1. The first-order valence-electron chi connectivity index (χ1n) is 11.0. The zero-order valence-corrected chi connectivity index (χ0v) is 21.8. The van der Waals surface area contributed by atoms with E-state index in [4.69, 9.17) is 4.98 Å². The van der Waals surface area contributed by atoms with E-state index < -0.39 is 0 Å². The fourth-order valence-corrected chi connectivity index (χ4v) is 6.04. The highest BCUT2D eigenvalue weighted by atomic mass is 32.2. The Labute approximate surface area is 219 Å². The van der Waals surface area contributed by atoms with E-state index >= 15 is 0 Å². The van der Waals surface area contributed by atoms with E-state index in [9.17, 15) is 9.59 Å². The lowest BCUT2D eigenvalue weighted by molar-refractivity contribution is -0.113. The van der Waals surface area contributed by atoms with Crippen LogP contribution < -0.4 is 10.9 Å². The Morgan fingerprint density at radius 2 is 1.89 bits per heavy atom. The van der Waals surface area contributed by atoms with E-state index in [1.165, 1.54) is 34.6 Å². The molecule has 1 N–H and O–H groups in total. The summed E-state index contributed by atoms with van der Waals surface area (Å²) in [6, 6.07) is 17.7. The van der Waals surface area contributed by atoms with Crippen molar-refractivity contribution < 1.29 is 4.79 Å². The lowest BCUT2D eigenvalue weighted by Gasteiger charge is -2.10. The van der Waals surface area contributed by atoms with Crippen LogP contribution in [0.15, 0.2) is 82.6 Å². The first-order chi connectivity index (χ1) is 17.5. The number of aromatic nitrogens is 4. The summed E-state index contributed by atoms with van der Waals surface area (Å²) in [5.74, 6) is 0.0492. The second kappa shape index (κ2) is 10.6. The summed E-state index contributed by atoms with van der Waals surface area (Å²) in [4.78, 5) is 35.9. The number of carbonyl (C=O) groups excluding carboxylic acids is 1. The molecule has 0 aliphatic rings. The van der Waals surface area contributed by atoms with Crippen LogP contribution in [0.3, 0.4) is 0 Å². The van der Waals surface area contributed by atoms with Crippen molar-refractivity contribution in [3.05, 3.63) is 88.5 Å². The van der Waals surface area contributed by atoms with Crippen LogP contribution in [-0.2, 0) is 11.3 Å². The number of thioether (sulfide) groups is 1. The molecule has 0 saturated carbocycles. The Balaban J connectivity index is 1.34. The molecule has 2 aromatic carbocycles. The Bertz CT molecular complexity index is 1600. The highest BCUT2D eigenvalue weighted by molar-refractivity contribution is 7.99. The van der Waals surface area contributed by atoms with Gasteiger partial charge in [0.05, 0.1) is 11.1 Å². The maximum atomic E-state index is 13.4. The maximum absolute atomic E-state index is 13.4. The summed E-state index contributed by atoms with van der Waals surface area (Å²) < 4.78 is 5.81. The average Bonchev–Trinajstić information content (AvgIpc) is 3.53. The minimum absolute atomic E-state index is 0.0606. The number of nitrogens with zero attached hydrogens (tertiary/aromatic N) is 4. The molecule has 0 bridgehead atoms. The van der Waals surface area contributed by atoms with E-state index in [1.54, 1.807) is 10.6 Å². The Morgan fingerprint density at radius 3 is 2.64 bits per heavy atom. The highest BCUT2D eigenvalue weighted by Gasteiger charge is 2.18. The van der Waals surface area contributed by atoms with Crippen LogP contribution >= 0.6 is 34.6 Å². The third-order valence-corrected chi connectivity index (χ3v) is 7.98. The monoisotopic (exact) mass is 531 g/mol. The van der Waals surface area contributed by atoms with Crippen molar-refractivity contribution in [1.82, 2.24) is 18.9 Å². The van der Waals surface area contributed by atoms with Gasteiger partial charge in [-0.2, -0.15) is 9.36 Å². The minimum atomic E-state index is -0.274. The van der Waals surface area contributed by atoms with E-state index in [0.717, 1.165) is 27.3 Å². The van der Waals surface area contributed by atoms with Gasteiger partial charge in [-0.15, -0.1) is 17.9 Å². The lowest BCUT2D eigenvalue weighted by atomic mass is 10.1. The number of hydrogen-bond donors (Lipinski definition) is 1. The molecular formula is C26H21N5O2S3. The highest BCUT2D eigenvalue weighted by Crippen LogP contribution is 2.32. The van der Waals surface area contributed by atoms with Crippen molar-refractivity contribution in [2.24, 2.45) is 0 Å². The van der Waals surface area contributed by atoms with Gasteiger partial charge < -0.3 is 0 Å². The normalized spacial score (nSPS) is 11.0. The van der Waals surface area contributed by atoms with Gasteiger partial charge in [-0.25, -0.2) is 4.98 Å². The van der Waals surface area contributed by atoms with Gasteiger partial charge in [0.2, 0.25) is 11.9 Å². The molecule has 0 fully saturated rings. The summed E-state index contributed by atoms with van der Waals surface area (Å²) in [7, 11) is 0. The Kier molecular flexibility index (Phi) is 7.08. The number of hydrogen-bond acceptors (Lipinski definition) is 8. The molecule has 3 heterocycles. The molecular weight excluding hydrogens is 511 g/mol. The van der Waals surface area contributed by atoms with Gasteiger partial charge in [0.1, 0.15) is 9.84 Å². The summed E-state index contributed by atoms with van der Waals surface area (Å²) in [5.41, 5.74) is 3.79. The number of carbonyl (C=O) groups is 1. The van der Waals surface area contributed by atoms with Gasteiger partial charge in [0.15, 0.2) is 5.16 Å². The third-order valence-electron chi connectivity index (χ3n) is 5.36. The molecule has 36 heavy (non-hydrogen) atoms. The van der Waals surface area contributed by atoms with Crippen molar-refractivity contribution in [2.45, 2.75) is 18.6 Å². The standard InChI is InChI=1S/C26H21N5O2S3/c1-3-13-31-24(33)21-19(17-7-5-4-6-8-17)14-34-23(21)29-26(31)35-15-20(32)27-25-28-22(36-30-25)18-11-9-16(2)10-12-18/h3-12,14H,1,13,15H2,2H3,(H,27,30,32). The van der Waals surface area contributed by atoms with E-state index in [-0.39, 0.29) is 23.2 Å². The Morgan fingerprint density at radius 1 is 1.11 bits per heavy atom. The van der Waals surface area contributed by atoms with Crippen LogP contribution in [0, 0.1) is 6.92 Å². The van der Waals surface area contributed by atoms with Gasteiger partial charge in [-0.05, 0) is 24.0 Å². The summed E-state index contributed by atoms with van der Waals surface area (Å²) in [5, 5.41) is 6.47. The van der Waals surface area contributed by atoms with Gasteiger partial charge in [0, 0.05) is 23.1 Å². The van der Waals surface area contributed by atoms with E-state index in [0.29, 0.717) is 21.9 Å². The van der Waals surface area contributed by atoms with E-state index in [1.807, 2.05) is 66.9 Å². The summed E-state index contributed by atoms with van der Waals surface area (Å²) in [6.45, 7) is 6.10. The maximum Gasteiger partial charge on any atom is 0.263 e. The van der Waals surface area contributed by atoms with Crippen LogP contribution in [0.1, 0.15) is 5.56 Å². The van der Waals surface area contributed by atoms with Crippen molar-refractivity contribution >= 4 is 56.7 Å². The number of fused-ring (bicyclic) bond motifs is 1. The van der Waals surface area contributed by atoms with Crippen molar-refractivity contribution in [2.75, 3.05) is 11.1 Å². The number of aryl methyl sites for hydroxylation is 1. The third kappa shape index (κ3) is 5.01. The number of amides is 1. The second-order valence-electron chi connectivity index (χ2n) is 7.92. The second-order valence-corrected chi connectivity index (χ2v) is 10.5. The molecule has 5 rings (SSSR count). The van der Waals surface area contributed by atoms with Crippen LogP contribution in [0.4, 0.5) is 5.95 Å². The fraction of sp³-hybridized carbons (Fsp3) is 0.115. The molecule has 0 aliphatic carbocycles. The van der Waals surface area contributed by atoms with Crippen molar-refractivity contribution in [3.63, 3.8) is 0 Å². The molecule has 10 heteroatoms. The molecule has 5 aromatic rings. The SMILES string of the molecule is C=CCn1c(SCC(=O)Nc2nsc(-c3ccc(C)cc3)n2)nc2scc(-c3ccccc3)c2c1=O. The van der Waals surface area contributed by atoms with Crippen molar-refractivity contribution in [3.8, 4) is 21.7 Å². The molecule has 0 atom stereocenters. The van der Waals surface area contributed by atoms with Crippen LogP contribution in [0.2, 0.25) is 0 Å².